The minimum absolute atomic E-state index is 0.566. The standard InChI is InChI=1S/C9H12N2OS/c10-7-1-2-9(11-5-7)13-8-3-4-12-6-8/h1-2,5,8H,3-4,6,10H2. The number of ether oxygens (including phenoxy) is 1. The number of nitrogens with zero attached hydrogens (tertiary/aromatic N) is 1. The van der Waals surface area contributed by atoms with Gasteiger partial charge in [0.2, 0.25) is 0 Å². The zero-order valence-corrected chi connectivity index (χ0v) is 8.09. The third-order valence-electron chi connectivity index (χ3n) is 1.93. The van der Waals surface area contributed by atoms with Gasteiger partial charge in [-0.2, -0.15) is 0 Å². The van der Waals surface area contributed by atoms with Crippen LogP contribution in [0.15, 0.2) is 23.4 Å². The first-order chi connectivity index (χ1) is 6.34. The molecular formula is C9H12N2OS. The van der Waals surface area contributed by atoms with Crippen molar-refractivity contribution in [3.05, 3.63) is 18.3 Å². The van der Waals surface area contributed by atoms with Gasteiger partial charge in [0.15, 0.2) is 0 Å². The molecule has 1 aromatic heterocycles. The quantitative estimate of drug-likeness (QED) is 0.779. The number of anilines is 1. The van der Waals surface area contributed by atoms with Gasteiger partial charge in [0, 0.05) is 11.9 Å². The van der Waals surface area contributed by atoms with Gasteiger partial charge >= 0.3 is 0 Å². The summed E-state index contributed by atoms with van der Waals surface area (Å²) in [7, 11) is 0. The Hall–Kier alpha value is -0.740. The van der Waals surface area contributed by atoms with Crippen LogP contribution in [0.2, 0.25) is 0 Å². The molecule has 1 saturated heterocycles. The molecule has 0 aliphatic carbocycles. The van der Waals surface area contributed by atoms with Crippen LogP contribution in [-0.2, 0) is 4.74 Å². The van der Waals surface area contributed by atoms with Crippen LogP contribution < -0.4 is 5.73 Å². The SMILES string of the molecule is Nc1ccc(SC2CCOC2)nc1. The van der Waals surface area contributed by atoms with Crippen LogP contribution >= 0.6 is 11.8 Å². The summed E-state index contributed by atoms with van der Waals surface area (Å²) in [6.45, 7) is 1.73. The Morgan fingerprint density at radius 2 is 2.46 bits per heavy atom. The first kappa shape index (κ1) is 8.84. The van der Waals surface area contributed by atoms with Crippen LogP contribution in [0.3, 0.4) is 0 Å². The zero-order chi connectivity index (χ0) is 9.10. The maximum absolute atomic E-state index is 5.54. The van der Waals surface area contributed by atoms with Crippen LogP contribution in [0.5, 0.6) is 0 Å². The van der Waals surface area contributed by atoms with E-state index < -0.39 is 0 Å². The van der Waals surface area contributed by atoms with E-state index in [2.05, 4.69) is 4.98 Å². The van der Waals surface area contributed by atoms with E-state index in [1.165, 1.54) is 0 Å². The Morgan fingerprint density at radius 1 is 1.54 bits per heavy atom. The van der Waals surface area contributed by atoms with Crippen LogP contribution in [0, 0.1) is 0 Å². The molecule has 2 rings (SSSR count). The largest absolute Gasteiger partial charge is 0.397 e. The summed E-state index contributed by atoms with van der Waals surface area (Å²) in [5.41, 5.74) is 6.25. The van der Waals surface area contributed by atoms with Crippen LogP contribution in [-0.4, -0.2) is 23.4 Å². The van der Waals surface area contributed by atoms with Gasteiger partial charge in [-0.25, -0.2) is 4.98 Å². The molecule has 2 heterocycles. The molecule has 1 atom stereocenters. The lowest BCUT2D eigenvalue weighted by Gasteiger charge is -2.05. The number of rotatable bonds is 2. The molecule has 0 saturated carbocycles. The highest BCUT2D eigenvalue weighted by atomic mass is 32.2. The monoisotopic (exact) mass is 196 g/mol. The van der Waals surface area contributed by atoms with E-state index in [4.69, 9.17) is 10.5 Å². The fraction of sp³-hybridized carbons (Fsp3) is 0.444. The van der Waals surface area contributed by atoms with E-state index in [0.29, 0.717) is 10.9 Å². The van der Waals surface area contributed by atoms with Gasteiger partial charge in [0.05, 0.1) is 23.5 Å². The lowest BCUT2D eigenvalue weighted by molar-refractivity contribution is 0.199. The smallest absolute Gasteiger partial charge is 0.0965 e. The second-order valence-corrected chi connectivity index (χ2v) is 4.35. The van der Waals surface area contributed by atoms with Crippen molar-refractivity contribution in [1.82, 2.24) is 4.98 Å². The third-order valence-corrected chi connectivity index (χ3v) is 3.12. The molecule has 0 bridgehead atoms. The van der Waals surface area contributed by atoms with Crippen molar-refractivity contribution in [2.24, 2.45) is 0 Å². The number of hydrogen-bond acceptors (Lipinski definition) is 4. The Labute approximate surface area is 81.7 Å². The highest BCUT2D eigenvalue weighted by molar-refractivity contribution is 7.99. The maximum Gasteiger partial charge on any atom is 0.0965 e. The molecule has 2 N–H and O–H groups in total. The highest BCUT2D eigenvalue weighted by Crippen LogP contribution is 2.27. The van der Waals surface area contributed by atoms with Crippen molar-refractivity contribution in [2.75, 3.05) is 18.9 Å². The van der Waals surface area contributed by atoms with E-state index in [0.717, 1.165) is 24.7 Å². The number of thioether (sulfide) groups is 1. The Bertz CT molecular complexity index is 269. The maximum atomic E-state index is 5.54. The summed E-state index contributed by atoms with van der Waals surface area (Å²) in [5, 5.41) is 1.60. The van der Waals surface area contributed by atoms with Crippen molar-refractivity contribution in [1.29, 1.82) is 0 Å². The van der Waals surface area contributed by atoms with E-state index in [9.17, 15) is 0 Å². The lowest BCUT2D eigenvalue weighted by atomic mass is 10.4. The fourth-order valence-electron chi connectivity index (χ4n) is 1.24. The fourth-order valence-corrected chi connectivity index (χ4v) is 2.22. The van der Waals surface area contributed by atoms with Crippen molar-refractivity contribution in [3.63, 3.8) is 0 Å². The van der Waals surface area contributed by atoms with E-state index >= 15 is 0 Å². The summed E-state index contributed by atoms with van der Waals surface area (Å²) in [5.74, 6) is 0. The second kappa shape index (κ2) is 3.98. The predicted octanol–water partition coefficient (Wildman–Crippen LogP) is 1.54. The lowest BCUT2D eigenvalue weighted by Crippen LogP contribution is -2.00. The Kier molecular flexibility index (Phi) is 2.71. The van der Waals surface area contributed by atoms with Gasteiger partial charge in [-0.3, -0.25) is 0 Å². The van der Waals surface area contributed by atoms with Crippen LogP contribution in [0.1, 0.15) is 6.42 Å². The van der Waals surface area contributed by atoms with Crippen molar-refractivity contribution < 1.29 is 4.74 Å². The van der Waals surface area contributed by atoms with Gasteiger partial charge < -0.3 is 10.5 Å². The summed E-state index contributed by atoms with van der Waals surface area (Å²) < 4.78 is 5.28. The molecule has 3 nitrogen and oxygen atoms in total. The second-order valence-electron chi connectivity index (χ2n) is 3.03. The number of nitrogen functional groups attached to an aromatic ring is 1. The van der Waals surface area contributed by atoms with Crippen molar-refractivity contribution in [3.8, 4) is 0 Å². The Morgan fingerprint density at radius 3 is 3.08 bits per heavy atom. The molecule has 13 heavy (non-hydrogen) atoms. The van der Waals surface area contributed by atoms with Gasteiger partial charge in [0.25, 0.3) is 0 Å². The van der Waals surface area contributed by atoms with Crippen LogP contribution in [0.4, 0.5) is 5.69 Å². The predicted molar refractivity (Wildman–Crippen MR) is 53.7 cm³/mol. The van der Waals surface area contributed by atoms with Crippen LogP contribution in [0.25, 0.3) is 0 Å². The molecular weight excluding hydrogens is 184 g/mol. The minimum atomic E-state index is 0.566. The molecule has 1 aliphatic rings. The molecule has 1 unspecified atom stereocenters. The summed E-state index contributed by atoms with van der Waals surface area (Å²) in [4.78, 5) is 4.22. The molecule has 0 aromatic carbocycles. The van der Waals surface area contributed by atoms with Gasteiger partial charge in [-0.15, -0.1) is 11.8 Å². The number of pyridine rings is 1. The zero-order valence-electron chi connectivity index (χ0n) is 7.27. The van der Waals surface area contributed by atoms with E-state index in [-0.39, 0.29) is 0 Å². The average molecular weight is 196 g/mol. The van der Waals surface area contributed by atoms with Gasteiger partial charge in [0.1, 0.15) is 0 Å². The first-order valence-electron chi connectivity index (χ1n) is 4.30. The number of aromatic nitrogens is 1. The van der Waals surface area contributed by atoms with Gasteiger partial charge in [-0.1, -0.05) is 0 Å². The molecule has 1 fully saturated rings. The number of hydrogen-bond donors (Lipinski definition) is 1. The van der Waals surface area contributed by atoms with Gasteiger partial charge in [-0.05, 0) is 18.6 Å². The summed E-state index contributed by atoms with van der Waals surface area (Å²) in [6, 6.07) is 3.84. The minimum Gasteiger partial charge on any atom is -0.397 e. The number of nitrogens with two attached hydrogens (primary N) is 1. The molecule has 1 aliphatic heterocycles. The summed E-state index contributed by atoms with van der Waals surface area (Å²) in [6.07, 6.45) is 2.81. The summed E-state index contributed by atoms with van der Waals surface area (Å²) >= 11 is 1.77. The molecule has 0 amide bonds. The Balaban J connectivity index is 1.97. The van der Waals surface area contributed by atoms with Crippen molar-refractivity contribution in [2.45, 2.75) is 16.7 Å². The third kappa shape index (κ3) is 2.35. The normalized spacial score (nSPS) is 22.0. The first-order valence-corrected chi connectivity index (χ1v) is 5.18. The molecule has 4 heteroatoms. The topological polar surface area (TPSA) is 48.1 Å². The van der Waals surface area contributed by atoms with Crippen molar-refractivity contribution >= 4 is 17.4 Å². The average Bonchev–Trinajstić information content (AvgIpc) is 2.62. The highest BCUT2D eigenvalue weighted by Gasteiger charge is 2.16. The molecule has 1 aromatic rings. The van der Waals surface area contributed by atoms with E-state index in [1.807, 2.05) is 12.1 Å². The molecule has 0 radical (unpaired) electrons. The molecule has 0 spiro atoms. The van der Waals surface area contributed by atoms with E-state index in [1.54, 1.807) is 18.0 Å². The molecule has 70 valence electrons.